The number of methoxy groups -OCH3 is 1. The second-order valence-corrected chi connectivity index (χ2v) is 12.2. The molecule has 0 fully saturated rings. The number of rotatable bonds is 9. The molecule has 4 aromatic rings. The molecule has 0 amide bonds. The van der Waals surface area contributed by atoms with Crippen molar-refractivity contribution in [3.05, 3.63) is 126 Å². The SMILES string of the molecule is CCOC(=O)C1=C(C(F)(F)F)N=c2s/c(=C\c3cc(Br)c(Oc4ccc([N+](=O)[O-])cc4[N+](=O)[O-])c(OC)c3)c(=O)n2[C@@H]1c1ccc(Cl)cc1. The number of benzene rings is 3. The topological polar surface area (TPSA) is 165 Å². The van der Waals surface area contributed by atoms with Crippen LogP contribution < -0.4 is 24.4 Å². The maximum atomic E-state index is 14.4. The highest BCUT2D eigenvalue weighted by Crippen LogP contribution is 2.43. The van der Waals surface area contributed by atoms with Gasteiger partial charge in [-0.3, -0.25) is 29.6 Å². The van der Waals surface area contributed by atoms with Crippen LogP contribution >= 0.6 is 38.9 Å². The minimum Gasteiger partial charge on any atom is -0.493 e. The molecule has 0 radical (unpaired) electrons. The third-order valence-electron chi connectivity index (χ3n) is 6.89. The lowest BCUT2D eigenvalue weighted by atomic mass is 9.95. The second-order valence-electron chi connectivity index (χ2n) is 9.92. The van der Waals surface area contributed by atoms with E-state index < -0.39 is 56.2 Å². The summed E-state index contributed by atoms with van der Waals surface area (Å²) in [6.07, 6.45) is -3.75. The monoisotopic (exact) mass is 782 g/mol. The molecular weight excluding hydrogens is 765 g/mol. The van der Waals surface area contributed by atoms with Crippen LogP contribution in [0.2, 0.25) is 5.02 Å². The summed E-state index contributed by atoms with van der Waals surface area (Å²) in [5.74, 6) is -1.69. The number of fused-ring (bicyclic) bond motifs is 1. The van der Waals surface area contributed by atoms with E-state index in [1.165, 1.54) is 56.5 Å². The summed E-state index contributed by atoms with van der Waals surface area (Å²) in [7, 11) is 1.26. The lowest BCUT2D eigenvalue weighted by molar-refractivity contribution is -0.394. The van der Waals surface area contributed by atoms with Crippen molar-refractivity contribution in [2.45, 2.75) is 19.1 Å². The predicted octanol–water partition coefficient (Wildman–Crippen LogP) is 6.37. The molecule has 3 aromatic carbocycles. The molecule has 0 bridgehead atoms. The molecule has 19 heteroatoms. The van der Waals surface area contributed by atoms with Crippen LogP contribution in [0.5, 0.6) is 17.2 Å². The van der Waals surface area contributed by atoms with E-state index in [1.807, 2.05) is 0 Å². The molecule has 254 valence electrons. The van der Waals surface area contributed by atoms with E-state index in [0.29, 0.717) is 11.3 Å². The lowest BCUT2D eigenvalue weighted by Crippen LogP contribution is -2.41. The Morgan fingerprint density at radius 2 is 1.80 bits per heavy atom. The van der Waals surface area contributed by atoms with Crippen molar-refractivity contribution in [1.29, 1.82) is 0 Å². The van der Waals surface area contributed by atoms with Gasteiger partial charge in [-0.25, -0.2) is 9.79 Å². The minimum absolute atomic E-state index is 0.00375. The summed E-state index contributed by atoms with van der Waals surface area (Å²) in [4.78, 5) is 51.4. The zero-order valence-electron chi connectivity index (χ0n) is 24.8. The molecule has 1 aromatic heterocycles. The number of halogens is 5. The number of alkyl halides is 3. The molecule has 0 saturated heterocycles. The zero-order valence-corrected chi connectivity index (χ0v) is 28.0. The highest BCUT2D eigenvalue weighted by atomic mass is 79.9. The number of esters is 1. The minimum atomic E-state index is -5.09. The summed E-state index contributed by atoms with van der Waals surface area (Å²) in [6, 6.07) is 9.64. The molecule has 1 aliphatic heterocycles. The first-order chi connectivity index (χ1) is 23.1. The van der Waals surface area contributed by atoms with Crippen molar-refractivity contribution in [3.63, 3.8) is 0 Å². The Bertz CT molecular complexity index is 2240. The Labute approximate surface area is 289 Å². The molecule has 0 N–H and O–H groups in total. The fourth-order valence-electron chi connectivity index (χ4n) is 4.83. The molecule has 0 spiro atoms. The van der Waals surface area contributed by atoms with Crippen molar-refractivity contribution in [3.8, 4) is 17.2 Å². The standard InChI is InChI=1S/C30H19BrClF3N4O9S/c1-3-47-28(41)23-24(15-4-6-16(32)7-5-15)37-27(40)22(49-29(37)36-26(23)30(33,34)35)12-14-10-18(31)25(21(11-14)46-2)48-20-9-8-17(38(42)43)13-19(20)39(44)45/h4-13,24H,3H2,1-2H3/b22-12-/t24-/m1/s1. The number of nitro benzene ring substituents is 2. The van der Waals surface area contributed by atoms with Crippen LogP contribution in [0.4, 0.5) is 24.5 Å². The quantitative estimate of drug-likeness (QED) is 0.107. The molecule has 2 heterocycles. The first-order valence-corrected chi connectivity index (χ1v) is 15.7. The van der Waals surface area contributed by atoms with E-state index >= 15 is 0 Å². The van der Waals surface area contributed by atoms with Crippen molar-refractivity contribution in [2.75, 3.05) is 13.7 Å². The number of nitro groups is 2. The number of hydrogen-bond donors (Lipinski definition) is 0. The van der Waals surface area contributed by atoms with E-state index in [1.54, 1.807) is 0 Å². The average Bonchev–Trinajstić information content (AvgIpc) is 3.35. The number of thiazole rings is 1. The van der Waals surface area contributed by atoms with Gasteiger partial charge in [0, 0.05) is 11.1 Å². The maximum absolute atomic E-state index is 14.4. The van der Waals surface area contributed by atoms with Gasteiger partial charge in [0.1, 0.15) is 0 Å². The van der Waals surface area contributed by atoms with E-state index in [9.17, 15) is 43.0 Å². The van der Waals surface area contributed by atoms with Crippen LogP contribution in [-0.4, -0.2) is 40.3 Å². The largest absolute Gasteiger partial charge is 0.493 e. The van der Waals surface area contributed by atoms with Crippen molar-refractivity contribution in [1.82, 2.24) is 4.57 Å². The van der Waals surface area contributed by atoms with Gasteiger partial charge in [-0.1, -0.05) is 35.1 Å². The zero-order chi connectivity index (χ0) is 35.8. The van der Waals surface area contributed by atoms with Gasteiger partial charge in [0.25, 0.3) is 11.2 Å². The van der Waals surface area contributed by atoms with E-state index in [-0.39, 0.29) is 53.8 Å². The Morgan fingerprint density at radius 3 is 2.39 bits per heavy atom. The van der Waals surface area contributed by atoms with Gasteiger partial charge in [-0.2, -0.15) is 13.2 Å². The molecule has 13 nitrogen and oxygen atoms in total. The van der Waals surface area contributed by atoms with Gasteiger partial charge in [0.2, 0.25) is 5.75 Å². The fraction of sp³-hybridized carbons (Fsp3) is 0.167. The van der Waals surface area contributed by atoms with Crippen LogP contribution in [-0.2, 0) is 9.53 Å². The molecule has 1 aliphatic rings. The lowest BCUT2D eigenvalue weighted by Gasteiger charge is -2.26. The Hall–Kier alpha value is -5.07. The Balaban J connectivity index is 1.66. The number of non-ortho nitro benzene ring substituents is 1. The molecular formula is C30H19BrClF3N4O9S. The third kappa shape index (κ3) is 7.06. The van der Waals surface area contributed by atoms with Gasteiger partial charge in [-0.15, -0.1) is 0 Å². The highest BCUT2D eigenvalue weighted by Gasteiger charge is 2.45. The maximum Gasteiger partial charge on any atom is 0.434 e. The first kappa shape index (κ1) is 35.2. The van der Waals surface area contributed by atoms with Gasteiger partial charge in [0.05, 0.1) is 50.2 Å². The number of carbonyl (C=O) groups is 1. The number of allylic oxidation sites excluding steroid dienone is 1. The van der Waals surface area contributed by atoms with Crippen LogP contribution in [0.1, 0.15) is 24.1 Å². The van der Waals surface area contributed by atoms with Crippen molar-refractivity contribution >= 4 is 62.3 Å². The van der Waals surface area contributed by atoms with Crippen LogP contribution in [0.25, 0.3) is 6.08 Å². The van der Waals surface area contributed by atoms with E-state index in [4.69, 9.17) is 25.8 Å². The average molecular weight is 784 g/mol. The third-order valence-corrected chi connectivity index (χ3v) is 8.72. The van der Waals surface area contributed by atoms with E-state index in [0.717, 1.165) is 22.8 Å². The van der Waals surface area contributed by atoms with Crippen molar-refractivity contribution in [2.24, 2.45) is 4.99 Å². The number of hydrogen-bond acceptors (Lipinski definition) is 11. The summed E-state index contributed by atoms with van der Waals surface area (Å²) in [6.45, 7) is 1.19. The van der Waals surface area contributed by atoms with Crippen molar-refractivity contribution < 1.29 is 42.0 Å². The summed E-state index contributed by atoms with van der Waals surface area (Å²) in [5, 5.41) is 23.0. The Morgan fingerprint density at radius 1 is 1.10 bits per heavy atom. The van der Waals surface area contributed by atoms with Gasteiger partial charge < -0.3 is 14.2 Å². The van der Waals surface area contributed by atoms with Crippen LogP contribution in [0.15, 0.2) is 80.1 Å². The molecule has 5 rings (SSSR count). The number of carbonyl (C=O) groups excluding carboxylic acids is 1. The molecule has 1 atom stereocenters. The normalized spacial score (nSPS) is 14.6. The van der Waals surface area contributed by atoms with Gasteiger partial charge in [0.15, 0.2) is 22.0 Å². The second kappa shape index (κ2) is 13.8. The smallest absolute Gasteiger partial charge is 0.434 e. The molecule has 49 heavy (non-hydrogen) atoms. The molecule has 0 saturated carbocycles. The van der Waals surface area contributed by atoms with E-state index in [2.05, 4.69) is 20.9 Å². The van der Waals surface area contributed by atoms with Gasteiger partial charge in [-0.05, 0) is 70.4 Å². The summed E-state index contributed by atoms with van der Waals surface area (Å²) in [5.41, 5.74) is -3.96. The fourth-order valence-corrected chi connectivity index (χ4v) is 6.50. The van der Waals surface area contributed by atoms with Crippen LogP contribution in [0.3, 0.4) is 0 Å². The summed E-state index contributed by atoms with van der Waals surface area (Å²) >= 11 is 9.95. The van der Waals surface area contributed by atoms with Crippen LogP contribution in [0, 0.1) is 20.2 Å². The number of aromatic nitrogens is 1. The van der Waals surface area contributed by atoms with Gasteiger partial charge >= 0.3 is 17.8 Å². The summed E-state index contributed by atoms with van der Waals surface area (Å²) < 4.78 is 60.3. The molecule has 0 unspecified atom stereocenters. The number of ether oxygens (including phenoxy) is 3. The predicted molar refractivity (Wildman–Crippen MR) is 173 cm³/mol. The molecule has 0 aliphatic carbocycles. The first-order valence-electron chi connectivity index (χ1n) is 13.7. The highest BCUT2D eigenvalue weighted by molar-refractivity contribution is 9.10. The Kier molecular flexibility index (Phi) is 9.93. The number of nitrogens with zero attached hydrogens (tertiary/aromatic N) is 4.